The Kier molecular flexibility index (Phi) is 5.48. The van der Waals surface area contributed by atoms with E-state index in [2.05, 4.69) is 5.10 Å². The number of fused-ring (bicyclic) bond motifs is 1. The molecule has 28 heavy (non-hydrogen) atoms. The van der Waals surface area contributed by atoms with Gasteiger partial charge in [0.2, 0.25) is 0 Å². The Morgan fingerprint density at radius 1 is 1.14 bits per heavy atom. The van der Waals surface area contributed by atoms with Crippen molar-refractivity contribution in [1.82, 2.24) is 9.78 Å². The molecule has 1 aliphatic heterocycles. The molecule has 0 spiro atoms. The lowest BCUT2D eigenvalue weighted by atomic mass is 10.2. The molecule has 0 N–H and O–H groups in total. The first kappa shape index (κ1) is 18.4. The number of rotatable bonds is 5. The summed E-state index contributed by atoms with van der Waals surface area (Å²) in [5.41, 5.74) is 2.47. The Bertz CT molecular complexity index is 972. The van der Waals surface area contributed by atoms with Crippen molar-refractivity contribution < 1.29 is 19.0 Å². The number of nitrogens with zero attached hydrogens (tertiary/aromatic N) is 2. The molecule has 1 aliphatic rings. The summed E-state index contributed by atoms with van der Waals surface area (Å²) in [6.45, 7) is 1.25. The molecule has 0 unspecified atom stereocenters. The van der Waals surface area contributed by atoms with Gasteiger partial charge in [-0.25, -0.2) is 4.68 Å². The predicted octanol–water partition coefficient (Wildman–Crippen LogP) is 3.97. The van der Waals surface area contributed by atoms with Crippen LogP contribution in [0.3, 0.4) is 0 Å². The molecule has 1 aromatic heterocycles. The molecule has 4 rings (SSSR count). The lowest BCUT2D eigenvalue weighted by Crippen LogP contribution is -2.08. The highest BCUT2D eigenvalue weighted by Crippen LogP contribution is 2.38. The van der Waals surface area contributed by atoms with E-state index in [1.807, 2.05) is 36.5 Å². The minimum Gasteiger partial charge on any atom is -0.489 e. The number of halogens is 1. The van der Waals surface area contributed by atoms with Gasteiger partial charge in [0.05, 0.1) is 36.5 Å². The first-order valence-corrected chi connectivity index (χ1v) is 9.39. The molecule has 0 atom stereocenters. The molecule has 0 aliphatic carbocycles. The smallest absolute Gasteiger partial charge is 0.310 e. The van der Waals surface area contributed by atoms with Gasteiger partial charge in [0, 0.05) is 18.2 Å². The molecule has 2 heterocycles. The highest BCUT2D eigenvalue weighted by Gasteiger charge is 2.16. The van der Waals surface area contributed by atoms with E-state index in [-0.39, 0.29) is 19.0 Å². The SMILES string of the molecule is O=C(Cc1cnn(-c2ccccc2)c1)OCc1cc(Cl)c2c(c1)OCCCO2. The van der Waals surface area contributed by atoms with E-state index in [0.717, 1.165) is 23.2 Å². The van der Waals surface area contributed by atoms with Crippen molar-refractivity contribution in [3.63, 3.8) is 0 Å². The van der Waals surface area contributed by atoms with Gasteiger partial charge in [0.1, 0.15) is 6.61 Å². The Hall–Kier alpha value is -2.99. The minimum atomic E-state index is -0.337. The second kappa shape index (κ2) is 8.35. The Morgan fingerprint density at radius 2 is 1.96 bits per heavy atom. The van der Waals surface area contributed by atoms with Crippen LogP contribution in [0.1, 0.15) is 17.5 Å². The normalized spacial score (nSPS) is 13.0. The maximum absolute atomic E-state index is 12.2. The van der Waals surface area contributed by atoms with Crippen molar-refractivity contribution in [2.45, 2.75) is 19.4 Å². The van der Waals surface area contributed by atoms with E-state index < -0.39 is 0 Å². The summed E-state index contributed by atoms with van der Waals surface area (Å²) in [6, 6.07) is 13.2. The molecule has 0 amide bonds. The van der Waals surface area contributed by atoms with Crippen molar-refractivity contribution in [1.29, 1.82) is 0 Å². The molecule has 0 radical (unpaired) electrons. The molecule has 0 saturated heterocycles. The van der Waals surface area contributed by atoms with Gasteiger partial charge < -0.3 is 14.2 Å². The number of hydrogen-bond acceptors (Lipinski definition) is 5. The number of carbonyl (C=O) groups is 1. The largest absolute Gasteiger partial charge is 0.489 e. The highest BCUT2D eigenvalue weighted by molar-refractivity contribution is 6.32. The van der Waals surface area contributed by atoms with Gasteiger partial charge in [0.25, 0.3) is 0 Å². The van der Waals surface area contributed by atoms with E-state index >= 15 is 0 Å². The van der Waals surface area contributed by atoms with E-state index in [4.69, 9.17) is 25.8 Å². The fourth-order valence-electron chi connectivity index (χ4n) is 2.92. The van der Waals surface area contributed by atoms with Crippen LogP contribution in [0, 0.1) is 0 Å². The van der Waals surface area contributed by atoms with Gasteiger partial charge in [0.15, 0.2) is 11.5 Å². The monoisotopic (exact) mass is 398 g/mol. The van der Waals surface area contributed by atoms with Crippen molar-refractivity contribution in [2.75, 3.05) is 13.2 Å². The summed E-state index contributed by atoms with van der Waals surface area (Å²) >= 11 is 6.27. The molecule has 7 heteroatoms. The first-order valence-electron chi connectivity index (χ1n) is 9.01. The van der Waals surface area contributed by atoms with Crippen LogP contribution in [-0.4, -0.2) is 29.0 Å². The second-order valence-corrected chi connectivity index (χ2v) is 6.83. The fraction of sp³-hybridized carbons (Fsp3) is 0.238. The molecule has 6 nitrogen and oxygen atoms in total. The summed E-state index contributed by atoms with van der Waals surface area (Å²) in [7, 11) is 0. The van der Waals surface area contributed by atoms with Gasteiger partial charge in [-0.1, -0.05) is 29.8 Å². The zero-order chi connectivity index (χ0) is 19.3. The number of ether oxygens (including phenoxy) is 3. The van der Waals surface area contributed by atoms with Crippen LogP contribution >= 0.6 is 11.6 Å². The van der Waals surface area contributed by atoms with Crippen LogP contribution in [0.5, 0.6) is 11.5 Å². The fourth-order valence-corrected chi connectivity index (χ4v) is 3.21. The molecular weight excluding hydrogens is 380 g/mol. The summed E-state index contributed by atoms with van der Waals surface area (Å²) in [4.78, 5) is 12.2. The molecule has 2 aromatic carbocycles. The Labute approximate surface area is 167 Å². The molecule has 0 fully saturated rings. The van der Waals surface area contributed by atoms with Crippen molar-refractivity contribution in [3.8, 4) is 17.2 Å². The third-order valence-corrected chi connectivity index (χ3v) is 4.55. The quantitative estimate of drug-likeness (QED) is 0.608. The maximum atomic E-state index is 12.2. The zero-order valence-corrected chi connectivity index (χ0v) is 15.9. The predicted molar refractivity (Wildman–Crippen MR) is 104 cm³/mol. The average Bonchev–Trinajstić information content (AvgIpc) is 3.03. The van der Waals surface area contributed by atoms with Crippen LogP contribution in [0.25, 0.3) is 5.69 Å². The number of hydrogen-bond donors (Lipinski definition) is 0. The first-order chi connectivity index (χ1) is 13.7. The molecule has 3 aromatic rings. The number of benzene rings is 2. The van der Waals surface area contributed by atoms with Crippen molar-refractivity contribution in [2.24, 2.45) is 0 Å². The van der Waals surface area contributed by atoms with E-state index in [1.165, 1.54) is 0 Å². The summed E-state index contributed by atoms with van der Waals surface area (Å²) in [5.74, 6) is 0.790. The van der Waals surface area contributed by atoms with Gasteiger partial charge in [-0.3, -0.25) is 4.79 Å². The third-order valence-electron chi connectivity index (χ3n) is 4.27. The summed E-state index contributed by atoms with van der Waals surface area (Å²) in [6.07, 6.45) is 4.43. The lowest BCUT2D eigenvalue weighted by Gasteiger charge is -2.11. The van der Waals surface area contributed by atoms with Gasteiger partial charge in [-0.15, -0.1) is 0 Å². The Balaban J connectivity index is 1.37. The molecular formula is C21H19ClN2O4. The van der Waals surface area contributed by atoms with E-state index in [1.54, 1.807) is 23.0 Å². The molecule has 0 bridgehead atoms. The van der Waals surface area contributed by atoms with Crippen LogP contribution < -0.4 is 9.47 Å². The number of aromatic nitrogens is 2. The number of esters is 1. The maximum Gasteiger partial charge on any atom is 0.310 e. The summed E-state index contributed by atoms with van der Waals surface area (Å²) in [5, 5.41) is 4.74. The van der Waals surface area contributed by atoms with Crippen LogP contribution in [-0.2, 0) is 22.6 Å². The van der Waals surface area contributed by atoms with Gasteiger partial charge in [-0.05, 0) is 29.8 Å². The molecule has 144 valence electrons. The van der Waals surface area contributed by atoms with E-state index in [9.17, 15) is 4.79 Å². The van der Waals surface area contributed by atoms with E-state index in [0.29, 0.717) is 29.7 Å². The number of carbonyl (C=O) groups excluding carboxylic acids is 1. The highest BCUT2D eigenvalue weighted by atomic mass is 35.5. The second-order valence-electron chi connectivity index (χ2n) is 6.42. The van der Waals surface area contributed by atoms with Gasteiger partial charge in [-0.2, -0.15) is 5.10 Å². The molecule has 0 saturated carbocycles. The standard InChI is InChI=1S/C21H19ClN2O4/c22-18-9-15(10-19-21(18)27-8-4-7-26-19)14-28-20(25)11-16-12-23-24(13-16)17-5-2-1-3-6-17/h1-3,5-6,9-10,12-13H,4,7-8,11,14H2. The number of para-hydroxylation sites is 1. The third kappa shape index (κ3) is 4.28. The average molecular weight is 399 g/mol. The summed E-state index contributed by atoms with van der Waals surface area (Å²) < 4.78 is 18.4. The van der Waals surface area contributed by atoms with Crippen molar-refractivity contribution in [3.05, 3.63) is 71.0 Å². The Morgan fingerprint density at radius 3 is 2.82 bits per heavy atom. The topological polar surface area (TPSA) is 62.6 Å². The van der Waals surface area contributed by atoms with Gasteiger partial charge >= 0.3 is 5.97 Å². The van der Waals surface area contributed by atoms with Crippen LogP contribution in [0.2, 0.25) is 5.02 Å². The van der Waals surface area contributed by atoms with Crippen LogP contribution in [0.15, 0.2) is 54.9 Å². The zero-order valence-electron chi connectivity index (χ0n) is 15.1. The van der Waals surface area contributed by atoms with Crippen molar-refractivity contribution >= 4 is 17.6 Å². The minimum absolute atomic E-state index is 0.113. The lowest BCUT2D eigenvalue weighted by molar-refractivity contribution is -0.144. The van der Waals surface area contributed by atoms with Crippen LogP contribution in [0.4, 0.5) is 0 Å².